The maximum atomic E-state index is 12.0. The molecule has 4 nitrogen and oxygen atoms in total. The van der Waals surface area contributed by atoms with Gasteiger partial charge < -0.3 is 10.5 Å². The van der Waals surface area contributed by atoms with Crippen LogP contribution in [-0.2, 0) is 6.42 Å². The molecule has 7 heteroatoms. The number of anilines is 1. The number of halogens is 3. The Hall–Kier alpha value is -1.53. The molecule has 0 aliphatic rings. The van der Waals surface area contributed by atoms with Gasteiger partial charge in [-0.2, -0.15) is 18.2 Å². The molecule has 0 aliphatic carbocycles. The van der Waals surface area contributed by atoms with Crippen LogP contribution in [0, 0.1) is 6.92 Å². The van der Waals surface area contributed by atoms with Gasteiger partial charge in [0.15, 0.2) is 6.61 Å². The van der Waals surface area contributed by atoms with Crippen molar-refractivity contribution in [2.24, 2.45) is 0 Å². The van der Waals surface area contributed by atoms with Crippen LogP contribution >= 0.6 is 0 Å². The van der Waals surface area contributed by atoms with Crippen molar-refractivity contribution >= 4 is 5.82 Å². The minimum atomic E-state index is -4.39. The van der Waals surface area contributed by atoms with Gasteiger partial charge in [-0.1, -0.05) is 6.92 Å². The fourth-order valence-corrected chi connectivity index (χ4v) is 1.01. The normalized spacial score (nSPS) is 11.6. The van der Waals surface area contributed by atoms with Crippen LogP contribution in [0.1, 0.15) is 18.3 Å². The Kier molecular flexibility index (Phi) is 3.56. The van der Waals surface area contributed by atoms with Crippen LogP contribution in [0.25, 0.3) is 0 Å². The van der Waals surface area contributed by atoms with Crippen LogP contribution in [0.4, 0.5) is 19.0 Å². The highest BCUT2D eigenvalue weighted by atomic mass is 19.4. The maximum Gasteiger partial charge on any atom is 0.422 e. The zero-order chi connectivity index (χ0) is 12.3. The number of ether oxygens (including phenoxy) is 1. The molecule has 0 aromatic carbocycles. The first kappa shape index (κ1) is 12.5. The van der Waals surface area contributed by atoms with E-state index in [4.69, 9.17) is 5.73 Å². The molecule has 1 heterocycles. The molecule has 0 atom stereocenters. The second kappa shape index (κ2) is 4.54. The number of hydrogen-bond acceptors (Lipinski definition) is 4. The second-order valence-corrected chi connectivity index (χ2v) is 3.21. The van der Waals surface area contributed by atoms with E-state index in [2.05, 4.69) is 14.7 Å². The predicted molar refractivity (Wildman–Crippen MR) is 52.1 cm³/mol. The first-order chi connectivity index (χ1) is 7.33. The van der Waals surface area contributed by atoms with Gasteiger partial charge in [0.25, 0.3) is 0 Å². The highest BCUT2D eigenvalue weighted by Gasteiger charge is 2.29. The van der Waals surface area contributed by atoms with E-state index in [9.17, 15) is 13.2 Å². The highest BCUT2D eigenvalue weighted by molar-refractivity contribution is 5.44. The van der Waals surface area contributed by atoms with Crippen LogP contribution in [0.15, 0.2) is 0 Å². The van der Waals surface area contributed by atoms with Crippen molar-refractivity contribution in [3.63, 3.8) is 0 Å². The standard InChI is InChI=1S/C9H12F3N3O/c1-3-6-14-7(13)5(2)8(15-6)16-4-9(10,11)12/h3-4H2,1-2H3,(H2,13,14,15). The van der Waals surface area contributed by atoms with Crippen molar-refractivity contribution in [1.29, 1.82) is 0 Å². The molecule has 0 saturated carbocycles. The maximum absolute atomic E-state index is 12.0. The van der Waals surface area contributed by atoms with Gasteiger partial charge in [-0.3, -0.25) is 0 Å². The van der Waals surface area contributed by atoms with E-state index in [1.54, 1.807) is 6.92 Å². The van der Waals surface area contributed by atoms with Crippen molar-refractivity contribution in [3.05, 3.63) is 11.4 Å². The first-order valence-corrected chi connectivity index (χ1v) is 4.66. The summed E-state index contributed by atoms with van der Waals surface area (Å²) in [6, 6.07) is 0. The van der Waals surface area contributed by atoms with Gasteiger partial charge in [0.2, 0.25) is 5.88 Å². The number of nitrogens with zero attached hydrogens (tertiary/aromatic N) is 2. The molecule has 1 aromatic rings. The molecule has 0 unspecified atom stereocenters. The number of aryl methyl sites for hydroxylation is 1. The summed E-state index contributed by atoms with van der Waals surface area (Å²) >= 11 is 0. The molecular formula is C9H12F3N3O. The minimum Gasteiger partial charge on any atom is -0.468 e. The van der Waals surface area contributed by atoms with Crippen molar-refractivity contribution in [2.75, 3.05) is 12.3 Å². The minimum absolute atomic E-state index is 0.110. The molecule has 90 valence electrons. The van der Waals surface area contributed by atoms with E-state index < -0.39 is 12.8 Å². The largest absolute Gasteiger partial charge is 0.468 e. The van der Waals surface area contributed by atoms with Gasteiger partial charge in [0.1, 0.15) is 11.6 Å². The van der Waals surface area contributed by atoms with Gasteiger partial charge >= 0.3 is 6.18 Å². The predicted octanol–water partition coefficient (Wildman–Crippen LogP) is 1.87. The summed E-state index contributed by atoms with van der Waals surface area (Å²) < 4.78 is 40.4. The third-order valence-corrected chi connectivity index (χ3v) is 1.87. The van der Waals surface area contributed by atoms with Gasteiger partial charge in [0, 0.05) is 6.42 Å². The fourth-order valence-electron chi connectivity index (χ4n) is 1.01. The number of nitrogen functional groups attached to an aromatic ring is 1. The fraction of sp³-hybridized carbons (Fsp3) is 0.556. The van der Waals surface area contributed by atoms with Crippen molar-refractivity contribution in [3.8, 4) is 5.88 Å². The molecule has 2 N–H and O–H groups in total. The first-order valence-electron chi connectivity index (χ1n) is 4.66. The van der Waals surface area contributed by atoms with Crippen molar-refractivity contribution in [1.82, 2.24) is 9.97 Å². The summed E-state index contributed by atoms with van der Waals surface area (Å²) in [6.07, 6.45) is -3.91. The summed E-state index contributed by atoms with van der Waals surface area (Å²) in [4.78, 5) is 7.74. The van der Waals surface area contributed by atoms with Crippen molar-refractivity contribution < 1.29 is 17.9 Å². The number of rotatable bonds is 3. The molecule has 0 fully saturated rings. The molecular weight excluding hydrogens is 223 g/mol. The Morgan fingerprint density at radius 3 is 2.44 bits per heavy atom. The lowest BCUT2D eigenvalue weighted by Crippen LogP contribution is -2.20. The lowest BCUT2D eigenvalue weighted by Gasteiger charge is -2.12. The molecule has 0 saturated heterocycles. The van der Waals surface area contributed by atoms with E-state index in [1.165, 1.54) is 6.92 Å². The number of alkyl halides is 3. The zero-order valence-corrected chi connectivity index (χ0v) is 8.93. The van der Waals surface area contributed by atoms with Crippen LogP contribution in [0.5, 0.6) is 5.88 Å². The lowest BCUT2D eigenvalue weighted by molar-refractivity contribution is -0.154. The van der Waals surface area contributed by atoms with Crippen LogP contribution < -0.4 is 10.5 Å². The molecule has 1 aromatic heterocycles. The number of hydrogen-bond donors (Lipinski definition) is 1. The molecule has 16 heavy (non-hydrogen) atoms. The average molecular weight is 235 g/mol. The van der Waals surface area contributed by atoms with E-state index >= 15 is 0 Å². The highest BCUT2D eigenvalue weighted by Crippen LogP contribution is 2.22. The van der Waals surface area contributed by atoms with E-state index in [0.717, 1.165) is 0 Å². The summed E-state index contributed by atoms with van der Waals surface area (Å²) in [6.45, 7) is 1.91. The average Bonchev–Trinajstić information content (AvgIpc) is 2.18. The molecule has 0 amide bonds. The zero-order valence-electron chi connectivity index (χ0n) is 8.93. The topological polar surface area (TPSA) is 61.0 Å². The van der Waals surface area contributed by atoms with Gasteiger partial charge in [0.05, 0.1) is 5.56 Å². The van der Waals surface area contributed by atoms with Crippen LogP contribution in [-0.4, -0.2) is 22.8 Å². The summed E-state index contributed by atoms with van der Waals surface area (Å²) in [5, 5.41) is 0. The molecule has 0 aliphatic heterocycles. The lowest BCUT2D eigenvalue weighted by atomic mass is 10.3. The Labute approximate surface area is 90.6 Å². The second-order valence-electron chi connectivity index (χ2n) is 3.21. The molecule has 0 radical (unpaired) electrons. The SMILES string of the molecule is CCc1nc(N)c(C)c(OCC(F)(F)F)n1. The molecule has 1 rings (SSSR count). The molecule has 0 bridgehead atoms. The summed E-state index contributed by atoms with van der Waals surface area (Å²) in [5.74, 6) is 0.394. The number of nitrogens with two attached hydrogens (primary N) is 1. The van der Waals surface area contributed by atoms with Gasteiger partial charge in [-0.05, 0) is 6.92 Å². The van der Waals surface area contributed by atoms with E-state index in [1.807, 2.05) is 0 Å². The Morgan fingerprint density at radius 2 is 1.94 bits per heavy atom. The van der Waals surface area contributed by atoms with Crippen LogP contribution in [0.2, 0.25) is 0 Å². The smallest absolute Gasteiger partial charge is 0.422 e. The van der Waals surface area contributed by atoms with Gasteiger partial charge in [-0.15, -0.1) is 0 Å². The number of aromatic nitrogens is 2. The Bertz CT molecular complexity index is 379. The quantitative estimate of drug-likeness (QED) is 0.868. The van der Waals surface area contributed by atoms with E-state index in [-0.39, 0.29) is 11.7 Å². The van der Waals surface area contributed by atoms with E-state index in [0.29, 0.717) is 17.8 Å². The van der Waals surface area contributed by atoms with Crippen LogP contribution in [0.3, 0.4) is 0 Å². The summed E-state index contributed by atoms with van der Waals surface area (Å²) in [7, 11) is 0. The van der Waals surface area contributed by atoms with Crippen molar-refractivity contribution in [2.45, 2.75) is 26.4 Å². The monoisotopic (exact) mass is 235 g/mol. The third-order valence-electron chi connectivity index (χ3n) is 1.87. The third kappa shape index (κ3) is 3.25. The Balaban J connectivity index is 2.90. The van der Waals surface area contributed by atoms with Gasteiger partial charge in [-0.25, -0.2) is 4.98 Å². The summed E-state index contributed by atoms with van der Waals surface area (Å²) in [5.41, 5.74) is 5.84. The molecule has 0 spiro atoms. The Morgan fingerprint density at radius 1 is 1.31 bits per heavy atom.